The highest BCUT2D eigenvalue weighted by Gasteiger charge is 2.14. The van der Waals surface area contributed by atoms with Gasteiger partial charge in [-0.25, -0.2) is 10.3 Å². The van der Waals surface area contributed by atoms with Crippen molar-refractivity contribution in [2.75, 3.05) is 7.11 Å². The second-order valence-corrected chi connectivity index (χ2v) is 4.26. The number of non-ortho nitro benzene ring substituents is 1. The summed E-state index contributed by atoms with van der Waals surface area (Å²) in [5.74, 6) is -0.911. The van der Waals surface area contributed by atoms with Crippen LogP contribution in [0.4, 0.5) is 5.69 Å². The summed E-state index contributed by atoms with van der Waals surface area (Å²) >= 11 is 0. The molecule has 0 bridgehead atoms. The van der Waals surface area contributed by atoms with Crippen molar-refractivity contribution in [2.24, 2.45) is 0 Å². The summed E-state index contributed by atoms with van der Waals surface area (Å²) < 4.78 is 6.31. The number of hydrogen-bond acceptors (Lipinski definition) is 6. The van der Waals surface area contributed by atoms with Crippen LogP contribution < -0.4 is 11.2 Å². The molecule has 0 spiro atoms. The average molecular weight is 295 g/mol. The molecular weight excluding hydrogens is 282 g/mol. The molecule has 1 N–H and O–H groups in total. The zero-order valence-corrected chi connectivity index (χ0v) is 11.2. The van der Waals surface area contributed by atoms with E-state index >= 15 is 0 Å². The van der Waals surface area contributed by atoms with Crippen LogP contribution in [-0.2, 0) is 16.2 Å². The van der Waals surface area contributed by atoms with E-state index in [1.165, 1.54) is 29.9 Å². The fraction of sp³-hybridized carbons (Fsp3) is 0.333. The predicted octanol–water partition coefficient (Wildman–Crippen LogP) is 0.960. The van der Waals surface area contributed by atoms with E-state index < -0.39 is 10.7 Å². The molecule has 1 aromatic carbocycles. The SMILES string of the molecule is CONC(=O)CCCn1c(=O)oc2cc([N+](=O)[O-])ccc21. The molecule has 0 saturated heterocycles. The number of nitrogens with one attached hydrogen (secondary N) is 1. The number of hydroxylamine groups is 1. The van der Waals surface area contributed by atoms with Crippen molar-refractivity contribution < 1.29 is 19.0 Å². The topological polar surface area (TPSA) is 117 Å². The summed E-state index contributed by atoms with van der Waals surface area (Å²) in [6.07, 6.45) is 0.584. The second kappa shape index (κ2) is 6.18. The number of nitro benzene ring substituents is 1. The molecule has 112 valence electrons. The average Bonchev–Trinajstić information content (AvgIpc) is 2.74. The highest BCUT2D eigenvalue weighted by molar-refractivity contribution is 5.76. The van der Waals surface area contributed by atoms with Crippen LogP contribution in [0.1, 0.15) is 12.8 Å². The van der Waals surface area contributed by atoms with E-state index in [-0.39, 0.29) is 30.1 Å². The summed E-state index contributed by atoms with van der Waals surface area (Å²) in [5.41, 5.74) is 2.63. The van der Waals surface area contributed by atoms with Gasteiger partial charge in [-0.05, 0) is 12.5 Å². The Hall–Kier alpha value is -2.68. The van der Waals surface area contributed by atoms with Crippen molar-refractivity contribution in [1.29, 1.82) is 0 Å². The van der Waals surface area contributed by atoms with E-state index in [2.05, 4.69) is 10.3 Å². The van der Waals surface area contributed by atoms with E-state index in [4.69, 9.17) is 4.42 Å². The molecule has 0 unspecified atom stereocenters. The number of oxazole rings is 1. The Bertz CT molecular complexity index is 732. The summed E-state index contributed by atoms with van der Waals surface area (Å²) in [6.45, 7) is 0.265. The third-order valence-electron chi connectivity index (χ3n) is 2.86. The molecule has 0 fully saturated rings. The maximum absolute atomic E-state index is 11.7. The molecule has 0 radical (unpaired) electrons. The van der Waals surface area contributed by atoms with Crippen LogP contribution in [0.2, 0.25) is 0 Å². The van der Waals surface area contributed by atoms with E-state index in [9.17, 15) is 19.7 Å². The lowest BCUT2D eigenvalue weighted by Gasteiger charge is -2.03. The monoisotopic (exact) mass is 295 g/mol. The first-order valence-electron chi connectivity index (χ1n) is 6.12. The second-order valence-electron chi connectivity index (χ2n) is 4.26. The van der Waals surface area contributed by atoms with Crippen LogP contribution in [0.25, 0.3) is 11.1 Å². The van der Waals surface area contributed by atoms with Gasteiger partial charge in [-0.1, -0.05) is 0 Å². The van der Waals surface area contributed by atoms with Crippen LogP contribution in [0.5, 0.6) is 0 Å². The Morgan fingerprint density at radius 2 is 2.29 bits per heavy atom. The van der Waals surface area contributed by atoms with Gasteiger partial charge in [0.15, 0.2) is 5.58 Å². The van der Waals surface area contributed by atoms with E-state index in [1.807, 2.05) is 0 Å². The van der Waals surface area contributed by atoms with Crippen LogP contribution in [0.3, 0.4) is 0 Å². The lowest BCUT2D eigenvalue weighted by atomic mass is 10.2. The normalized spacial score (nSPS) is 10.7. The molecule has 21 heavy (non-hydrogen) atoms. The van der Waals surface area contributed by atoms with E-state index in [1.54, 1.807) is 0 Å². The van der Waals surface area contributed by atoms with Gasteiger partial charge >= 0.3 is 5.76 Å². The Labute approximate surface area is 118 Å². The number of carbonyl (C=O) groups excluding carboxylic acids is 1. The predicted molar refractivity (Wildman–Crippen MR) is 71.5 cm³/mol. The van der Waals surface area contributed by atoms with Crippen LogP contribution in [0, 0.1) is 10.1 Å². The molecular formula is C12H13N3O6. The van der Waals surface area contributed by atoms with Crippen LogP contribution in [0.15, 0.2) is 27.4 Å². The molecule has 2 aromatic rings. The maximum atomic E-state index is 11.7. The zero-order chi connectivity index (χ0) is 15.4. The molecule has 1 aromatic heterocycles. The molecule has 9 nitrogen and oxygen atoms in total. The van der Waals surface area contributed by atoms with Crippen molar-refractivity contribution in [3.63, 3.8) is 0 Å². The number of fused-ring (bicyclic) bond motifs is 1. The lowest BCUT2D eigenvalue weighted by Crippen LogP contribution is -2.22. The Morgan fingerprint density at radius 1 is 1.52 bits per heavy atom. The quantitative estimate of drug-likeness (QED) is 0.626. The van der Waals surface area contributed by atoms with E-state index in [0.29, 0.717) is 11.9 Å². The van der Waals surface area contributed by atoms with Crippen LogP contribution in [-0.4, -0.2) is 22.5 Å². The number of nitrogens with zero attached hydrogens (tertiary/aromatic N) is 2. The molecule has 9 heteroatoms. The Kier molecular flexibility index (Phi) is 4.33. The first-order valence-corrected chi connectivity index (χ1v) is 6.12. The number of benzene rings is 1. The van der Waals surface area contributed by atoms with Gasteiger partial charge < -0.3 is 4.42 Å². The molecule has 1 amide bonds. The van der Waals surface area contributed by atoms with Crippen molar-refractivity contribution in [3.05, 3.63) is 38.9 Å². The third-order valence-corrected chi connectivity index (χ3v) is 2.86. The molecule has 0 aliphatic rings. The van der Waals surface area contributed by atoms with E-state index in [0.717, 1.165) is 0 Å². The van der Waals surface area contributed by atoms with Gasteiger partial charge in [-0.15, -0.1) is 0 Å². The van der Waals surface area contributed by atoms with Gasteiger partial charge in [0.25, 0.3) is 5.69 Å². The molecule has 1 heterocycles. The zero-order valence-electron chi connectivity index (χ0n) is 11.2. The Morgan fingerprint density at radius 3 is 2.95 bits per heavy atom. The first kappa shape index (κ1) is 14.7. The van der Waals surface area contributed by atoms with Gasteiger partial charge in [0.05, 0.1) is 23.6 Å². The van der Waals surface area contributed by atoms with Crippen molar-refractivity contribution in [2.45, 2.75) is 19.4 Å². The fourth-order valence-corrected chi connectivity index (χ4v) is 1.94. The minimum Gasteiger partial charge on any atom is -0.407 e. The molecule has 2 rings (SSSR count). The third kappa shape index (κ3) is 3.26. The molecule has 0 aliphatic carbocycles. The molecule has 0 saturated carbocycles. The van der Waals surface area contributed by atoms with Crippen molar-refractivity contribution >= 4 is 22.7 Å². The van der Waals surface area contributed by atoms with Gasteiger partial charge in [0.2, 0.25) is 5.91 Å². The smallest absolute Gasteiger partial charge is 0.407 e. The number of hydrogen-bond donors (Lipinski definition) is 1. The first-order chi connectivity index (χ1) is 10.0. The number of carbonyl (C=O) groups is 1. The van der Waals surface area contributed by atoms with Gasteiger partial charge in [0.1, 0.15) is 0 Å². The maximum Gasteiger partial charge on any atom is 0.419 e. The minimum atomic E-state index is -0.613. The summed E-state index contributed by atoms with van der Waals surface area (Å²) in [7, 11) is 1.33. The summed E-state index contributed by atoms with van der Waals surface area (Å²) in [6, 6.07) is 3.95. The number of aromatic nitrogens is 1. The standard InChI is InChI=1S/C12H13N3O6/c1-20-13-11(16)3-2-6-14-9-5-4-8(15(18)19)7-10(9)21-12(14)17/h4-5,7H,2-3,6H2,1H3,(H,13,16). The molecule has 0 atom stereocenters. The van der Waals surface area contributed by atoms with Crippen LogP contribution >= 0.6 is 0 Å². The minimum absolute atomic E-state index is 0.149. The summed E-state index contributed by atoms with van der Waals surface area (Å²) in [5, 5.41) is 10.7. The number of rotatable bonds is 6. The summed E-state index contributed by atoms with van der Waals surface area (Å²) in [4.78, 5) is 37.5. The highest BCUT2D eigenvalue weighted by Crippen LogP contribution is 2.20. The van der Waals surface area contributed by atoms with Gasteiger partial charge in [0, 0.05) is 19.0 Å². The molecule has 0 aliphatic heterocycles. The fourth-order valence-electron chi connectivity index (χ4n) is 1.94. The van der Waals surface area contributed by atoms with Gasteiger partial charge in [-0.2, -0.15) is 0 Å². The number of nitro groups is 1. The Balaban J connectivity index is 2.17. The largest absolute Gasteiger partial charge is 0.419 e. The lowest BCUT2D eigenvalue weighted by molar-refractivity contribution is -0.384. The number of amides is 1. The van der Waals surface area contributed by atoms with Crippen molar-refractivity contribution in [1.82, 2.24) is 10.0 Å². The van der Waals surface area contributed by atoms with Crippen molar-refractivity contribution in [3.8, 4) is 0 Å². The van der Waals surface area contributed by atoms with Gasteiger partial charge in [-0.3, -0.25) is 24.3 Å². The highest BCUT2D eigenvalue weighted by atomic mass is 16.6. The number of aryl methyl sites for hydroxylation is 1.